The number of rotatable bonds is 11. The molecule has 0 aromatic carbocycles. The zero-order valence-corrected chi connectivity index (χ0v) is 11.4. The van der Waals surface area contributed by atoms with E-state index in [0.717, 1.165) is 12.8 Å². The molecule has 0 spiro atoms. The lowest BCUT2D eigenvalue weighted by Gasteiger charge is -2.05. The van der Waals surface area contributed by atoms with E-state index in [1.807, 2.05) is 0 Å². The minimum Gasteiger partial charge on any atom is -0.740 e. The Labute approximate surface area is 107 Å². The first kappa shape index (κ1) is 16.6. The number of unbranched alkanes of at least 4 members (excludes halogenated alkanes) is 8. The van der Waals surface area contributed by atoms with Crippen molar-refractivity contribution in [2.24, 2.45) is 0 Å². The number of carbonyl (C=O) groups excluding carboxylic acids is 1. The second-order valence-corrected chi connectivity index (χ2v) is 4.81. The van der Waals surface area contributed by atoms with Crippen LogP contribution in [0.5, 0.6) is 0 Å². The first-order valence-corrected chi connectivity index (χ1v) is 7.47. The highest BCUT2D eigenvalue weighted by Crippen LogP contribution is 2.10. The molecule has 0 aromatic rings. The molecule has 5 heteroatoms. The average molecular weight is 263 g/mol. The van der Waals surface area contributed by atoms with Crippen LogP contribution in [0.25, 0.3) is 0 Å². The quantitative estimate of drug-likeness (QED) is 0.424. The van der Waals surface area contributed by atoms with Crippen LogP contribution in [-0.4, -0.2) is 14.7 Å². The van der Waals surface area contributed by atoms with Crippen LogP contribution in [0.15, 0.2) is 0 Å². The van der Waals surface area contributed by atoms with Crippen molar-refractivity contribution in [3.05, 3.63) is 0 Å². The van der Waals surface area contributed by atoms with E-state index in [1.54, 1.807) is 0 Å². The van der Waals surface area contributed by atoms with Crippen molar-refractivity contribution in [3.8, 4) is 0 Å². The normalized spacial score (nSPS) is 12.4. The second-order valence-electron chi connectivity index (χ2n) is 4.24. The van der Waals surface area contributed by atoms with Crippen LogP contribution in [0, 0.1) is 0 Å². The van der Waals surface area contributed by atoms with Gasteiger partial charge in [0.25, 0.3) is 0 Å². The van der Waals surface area contributed by atoms with Crippen LogP contribution in [0.4, 0.5) is 0 Å². The Hall–Kier alpha value is -0.420. The summed E-state index contributed by atoms with van der Waals surface area (Å²) < 4.78 is 24.1. The van der Waals surface area contributed by atoms with E-state index in [9.17, 15) is 13.6 Å². The predicted molar refractivity (Wildman–Crippen MR) is 66.9 cm³/mol. The highest BCUT2D eigenvalue weighted by molar-refractivity contribution is 7.74. The van der Waals surface area contributed by atoms with Crippen LogP contribution in [0.3, 0.4) is 0 Å². The van der Waals surface area contributed by atoms with Crippen molar-refractivity contribution in [2.45, 2.75) is 71.1 Å². The Balaban J connectivity index is 3.13. The summed E-state index contributed by atoms with van der Waals surface area (Å²) in [4.78, 5) is 10.8. The van der Waals surface area contributed by atoms with Crippen molar-refractivity contribution in [1.82, 2.24) is 0 Å². The molecule has 1 atom stereocenters. The van der Waals surface area contributed by atoms with E-state index in [-0.39, 0.29) is 6.42 Å². The summed E-state index contributed by atoms with van der Waals surface area (Å²) in [5.74, 6) is -0.652. The summed E-state index contributed by atoms with van der Waals surface area (Å²) >= 11 is -2.71. The fourth-order valence-corrected chi connectivity index (χ4v) is 1.93. The third kappa shape index (κ3) is 13.5. The van der Waals surface area contributed by atoms with Gasteiger partial charge in [0.05, 0.1) is 0 Å². The predicted octanol–water partition coefficient (Wildman–Crippen LogP) is 3.24. The minimum absolute atomic E-state index is 0.198. The summed E-state index contributed by atoms with van der Waals surface area (Å²) in [6.07, 6.45) is 10.6. The number of carbonyl (C=O) groups is 1. The van der Waals surface area contributed by atoms with E-state index in [0.29, 0.717) is 6.42 Å². The minimum atomic E-state index is -2.71. The van der Waals surface area contributed by atoms with Gasteiger partial charge in [0.15, 0.2) is 0 Å². The van der Waals surface area contributed by atoms with E-state index < -0.39 is 17.3 Å². The molecule has 0 N–H and O–H groups in total. The van der Waals surface area contributed by atoms with Gasteiger partial charge in [-0.25, -0.2) is 4.21 Å². The van der Waals surface area contributed by atoms with Crippen molar-refractivity contribution in [3.63, 3.8) is 0 Å². The maximum Gasteiger partial charge on any atom is 0.319 e. The molecular formula is C12H23O4S-. The molecule has 0 fully saturated rings. The molecule has 0 saturated carbocycles. The Kier molecular flexibility index (Phi) is 11.8. The van der Waals surface area contributed by atoms with E-state index in [2.05, 4.69) is 11.1 Å². The van der Waals surface area contributed by atoms with Gasteiger partial charge in [-0.2, -0.15) is 0 Å². The molecule has 1 unspecified atom stereocenters. The van der Waals surface area contributed by atoms with Crippen LogP contribution in [-0.2, 0) is 20.3 Å². The van der Waals surface area contributed by atoms with Crippen molar-refractivity contribution in [1.29, 1.82) is 0 Å². The molecule has 0 radical (unpaired) electrons. The molecule has 0 bridgehead atoms. The summed E-state index contributed by atoms with van der Waals surface area (Å²) in [7, 11) is 0. The molecule has 102 valence electrons. The molecule has 17 heavy (non-hydrogen) atoms. The zero-order chi connectivity index (χ0) is 12.9. The summed E-state index contributed by atoms with van der Waals surface area (Å²) in [5.41, 5.74) is 0. The SMILES string of the molecule is CCCCCCCCCCCC(=O)OS(=O)[O-]. The first-order chi connectivity index (χ1) is 8.16. The highest BCUT2D eigenvalue weighted by atomic mass is 32.2. The van der Waals surface area contributed by atoms with Crippen LogP contribution in [0.2, 0.25) is 0 Å². The fraction of sp³-hybridized carbons (Fsp3) is 0.917. The Morgan fingerprint density at radius 3 is 1.94 bits per heavy atom. The van der Waals surface area contributed by atoms with Gasteiger partial charge in [-0.05, 0) is 6.42 Å². The highest BCUT2D eigenvalue weighted by Gasteiger charge is 2.02. The smallest absolute Gasteiger partial charge is 0.319 e. The fourth-order valence-electron chi connectivity index (χ4n) is 1.70. The lowest BCUT2D eigenvalue weighted by atomic mass is 10.1. The lowest BCUT2D eigenvalue weighted by molar-refractivity contribution is -0.134. The Morgan fingerprint density at radius 2 is 1.47 bits per heavy atom. The summed E-state index contributed by atoms with van der Waals surface area (Å²) in [6, 6.07) is 0. The Morgan fingerprint density at radius 1 is 1.00 bits per heavy atom. The Bertz CT molecular complexity index is 219. The van der Waals surface area contributed by atoms with Gasteiger partial charge in [0, 0.05) is 6.42 Å². The van der Waals surface area contributed by atoms with Gasteiger partial charge < -0.3 is 8.74 Å². The van der Waals surface area contributed by atoms with E-state index in [1.165, 1.54) is 38.5 Å². The third-order valence-corrected chi connectivity index (χ3v) is 2.97. The molecule has 0 amide bonds. The van der Waals surface area contributed by atoms with Crippen LogP contribution in [0.1, 0.15) is 71.1 Å². The van der Waals surface area contributed by atoms with E-state index >= 15 is 0 Å². The van der Waals surface area contributed by atoms with Gasteiger partial charge in [-0.1, -0.05) is 58.3 Å². The molecule has 0 heterocycles. The topological polar surface area (TPSA) is 66.4 Å². The molecule has 0 aliphatic rings. The molecule has 0 aliphatic carbocycles. The van der Waals surface area contributed by atoms with Crippen molar-refractivity contribution >= 4 is 17.3 Å². The first-order valence-electron chi connectivity index (χ1n) is 6.47. The molecule has 0 saturated heterocycles. The maximum absolute atomic E-state index is 10.8. The molecule has 4 nitrogen and oxygen atoms in total. The molecule has 0 rings (SSSR count). The summed E-state index contributed by atoms with van der Waals surface area (Å²) in [6.45, 7) is 2.20. The molecule has 0 aromatic heterocycles. The monoisotopic (exact) mass is 263 g/mol. The van der Waals surface area contributed by atoms with Gasteiger partial charge in [-0.3, -0.25) is 4.79 Å². The number of hydrogen-bond acceptors (Lipinski definition) is 4. The van der Waals surface area contributed by atoms with Crippen LogP contribution < -0.4 is 0 Å². The van der Waals surface area contributed by atoms with Gasteiger partial charge in [0.2, 0.25) is 0 Å². The van der Waals surface area contributed by atoms with Gasteiger partial charge >= 0.3 is 5.97 Å². The molecule has 0 aliphatic heterocycles. The van der Waals surface area contributed by atoms with Gasteiger partial charge in [-0.15, -0.1) is 0 Å². The maximum atomic E-state index is 10.8. The summed E-state index contributed by atoms with van der Waals surface area (Å²) in [5, 5.41) is 0. The average Bonchev–Trinajstić information content (AvgIpc) is 2.26. The largest absolute Gasteiger partial charge is 0.740 e. The van der Waals surface area contributed by atoms with Crippen molar-refractivity contribution < 1.29 is 17.7 Å². The lowest BCUT2D eigenvalue weighted by Crippen LogP contribution is -2.06. The van der Waals surface area contributed by atoms with Crippen LogP contribution >= 0.6 is 0 Å². The molecular weight excluding hydrogens is 240 g/mol. The second kappa shape index (κ2) is 12.0. The van der Waals surface area contributed by atoms with Crippen molar-refractivity contribution in [2.75, 3.05) is 0 Å². The number of hydrogen-bond donors (Lipinski definition) is 0. The van der Waals surface area contributed by atoms with Gasteiger partial charge in [0.1, 0.15) is 11.4 Å². The van der Waals surface area contributed by atoms with E-state index in [4.69, 9.17) is 0 Å². The third-order valence-electron chi connectivity index (χ3n) is 2.65. The zero-order valence-electron chi connectivity index (χ0n) is 10.6. The standard InChI is InChI=1S/C12H24O4S/c1-2-3-4-5-6-7-8-9-10-11-12(13)16-17(14)15/h2-11H2,1H3,(H,14,15)/p-1.